The summed E-state index contributed by atoms with van der Waals surface area (Å²) in [7, 11) is 0. The molecule has 20 heavy (non-hydrogen) atoms. The van der Waals surface area contributed by atoms with Gasteiger partial charge in [-0.25, -0.2) is 4.39 Å². The number of hydrogen-bond donors (Lipinski definition) is 1. The highest BCUT2D eigenvalue weighted by Crippen LogP contribution is 2.22. The molecule has 106 valence electrons. The summed E-state index contributed by atoms with van der Waals surface area (Å²) >= 11 is 0. The zero-order chi connectivity index (χ0) is 14.7. The van der Waals surface area contributed by atoms with E-state index in [9.17, 15) is 13.9 Å². The van der Waals surface area contributed by atoms with Gasteiger partial charge in [0.15, 0.2) is 11.6 Å². The third kappa shape index (κ3) is 3.14. The second kappa shape index (κ2) is 6.01. The van der Waals surface area contributed by atoms with Crippen LogP contribution in [-0.4, -0.2) is 11.7 Å². The van der Waals surface area contributed by atoms with E-state index < -0.39 is 17.7 Å². The molecule has 0 heterocycles. The number of rotatable bonds is 4. The molecule has 4 heteroatoms. The molecule has 2 rings (SSSR count). The fraction of sp³-hybridized carbons (Fsp3) is 0.250. The minimum atomic E-state index is -1.04. The summed E-state index contributed by atoms with van der Waals surface area (Å²) in [4.78, 5) is 0. The van der Waals surface area contributed by atoms with E-state index in [0.717, 1.165) is 17.2 Å². The largest absolute Gasteiger partial charge is 0.487 e. The van der Waals surface area contributed by atoms with E-state index in [1.54, 1.807) is 6.07 Å². The Morgan fingerprint density at radius 1 is 1.10 bits per heavy atom. The molecule has 0 aromatic heterocycles. The van der Waals surface area contributed by atoms with Crippen molar-refractivity contribution in [1.29, 1.82) is 0 Å². The van der Waals surface area contributed by atoms with Crippen molar-refractivity contribution in [2.75, 3.05) is 6.61 Å². The Kier molecular flexibility index (Phi) is 4.35. The van der Waals surface area contributed by atoms with Gasteiger partial charge < -0.3 is 9.84 Å². The average Bonchev–Trinajstić information content (AvgIpc) is 2.43. The summed E-state index contributed by atoms with van der Waals surface area (Å²) in [6.07, 6.45) is -0.892. The molecule has 0 amide bonds. The van der Waals surface area contributed by atoms with E-state index in [4.69, 9.17) is 4.74 Å². The molecule has 0 saturated heterocycles. The Morgan fingerprint density at radius 2 is 1.85 bits per heavy atom. The van der Waals surface area contributed by atoms with E-state index >= 15 is 0 Å². The van der Waals surface area contributed by atoms with Gasteiger partial charge in [0.05, 0.1) is 0 Å². The first-order chi connectivity index (χ1) is 9.49. The van der Waals surface area contributed by atoms with Crippen molar-refractivity contribution >= 4 is 0 Å². The van der Waals surface area contributed by atoms with Crippen molar-refractivity contribution in [3.05, 3.63) is 64.7 Å². The first-order valence-electron chi connectivity index (χ1n) is 6.31. The second-order valence-electron chi connectivity index (χ2n) is 4.72. The summed E-state index contributed by atoms with van der Waals surface area (Å²) < 4.78 is 31.5. The zero-order valence-corrected chi connectivity index (χ0v) is 11.4. The van der Waals surface area contributed by atoms with E-state index in [1.807, 2.05) is 26.0 Å². The molecule has 1 atom stereocenters. The van der Waals surface area contributed by atoms with E-state index in [-0.39, 0.29) is 12.4 Å². The molecule has 0 aliphatic rings. The minimum absolute atomic E-state index is 0.136. The van der Waals surface area contributed by atoms with Gasteiger partial charge in [0, 0.05) is 0 Å². The van der Waals surface area contributed by atoms with E-state index in [1.165, 1.54) is 12.1 Å². The normalized spacial score (nSPS) is 12.2. The predicted octanol–water partition coefficient (Wildman–Crippen LogP) is 3.69. The van der Waals surface area contributed by atoms with Crippen molar-refractivity contribution in [3.63, 3.8) is 0 Å². The van der Waals surface area contributed by atoms with Gasteiger partial charge in [-0.15, -0.1) is 0 Å². The molecule has 0 radical (unpaired) electrons. The molecule has 2 nitrogen and oxygen atoms in total. The van der Waals surface area contributed by atoms with Gasteiger partial charge >= 0.3 is 0 Å². The lowest BCUT2D eigenvalue weighted by Crippen LogP contribution is -2.11. The second-order valence-corrected chi connectivity index (χ2v) is 4.72. The number of halogens is 2. The lowest BCUT2D eigenvalue weighted by atomic mass is 10.0. The SMILES string of the molecule is Cc1ccc(C(O)COc2cccc(F)c2F)cc1C. The molecule has 0 aliphatic carbocycles. The van der Waals surface area contributed by atoms with Gasteiger partial charge in [0.2, 0.25) is 5.82 Å². The fourth-order valence-corrected chi connectivity index (χ4v) is 1.83. The third-order valence-electron chi connectivity index (χ3n) is 3.23. The Labute approximate surface area is 116 Å². The van der Waals surface area contributed by atoms with Gasteiger partial charge in [0.25, 0.3) is 0 Å². The lowest BCUT2D eigenvalue weighted by molar-refractivity contribution is 0.105. The monoisotopic (exact) mass is 278 g/mol. The Morgan fingerprint density at radius 3 is 2.55 bits per heavy atom. The molecular weight excluding hydrogens is 262 g/mol. The van der Waals surface area contributed by atoms with Gasteiger partial charge in [-0.2, -0.15) is 4.39 Å². The highest BCUT2D eigenvalue weighted by atomic mass is 19.2. The fourth-order valence-electron chi connectivity index (χ4n) is 1.83. The molecule has 0 spiro atoms. The van der Waals surface area contributed by atoms with Crippen molar-refractivity contribution in [2.24, 2.45) is 0 Å². The van der Waals surface area contributed by atoms with Crippen LogP contribution in [0.2, 0.25) is 0 Å². The maximum Gasteiger partial charge on any atom is 0.200 e. The van der Waals surface area contributed by atoms with Crippen LogP contribution in [-0.2, 0) is 0 Å². The molecule has 0 saturated carbocycles. The number of hydrogen-bond acceptors (Lipinski definition) is 2. The quantitative estimate of drug-likeness (QED) is 0.924. The number of ether oxygens (including phenoxy) is 1. The summed E-state index contributed by atoms with van der Waals surface area (Å²) in [5, 5.41) is 10.0. The van der Waals surface area contributed by atoms with E-state index in [2.05, 4.69) is 0 Å². The summed E-state index contributed by atoms with van der Waals surface area (Å²) in [5.74, 6) is -2.21. The number of benzene rings is 2. The minimum Gasteiger partial charge on any atom is -0.487 e. The van der Waals surface area contributed by atoms with Gasteiger partial charge in [-0.1, -0.05) is 24.3 Å². The molecule has 0 bridgehead atoms. The molecule has 1 N–H and O–H groups in total. The smallest absolute Gasteiger partial charge is 0.200 e. The van der Waals surface area contributed by atoms with Crippen LogP contribution in [0.15, 0.2) is 36.4 Å². The van der Waals surface area contributed by atoms with Crippen molar-refractivity contribution in [2.45, 2.75) is 20.0 Å². The Bertz CT molecular complexity index is 611. The van der Waals surface area contributed by atoms with Crippen LogP contribution in [0.3, 0.4) is 0 Å². The molecule has 1 unspecified atom stereocenters. The summed E-state index contributed by atoms with van der Waals surface area (Å²) in [5.41, 5.74) is 2.86. The van der Waals surface area contributed by atoms with Crippen molar-refractivity contribution in [1.82, 2.24) is 0 Å². The van der Waals surface area contributed by atoms with Crippen LogP contribution >= 0.6 is 0 Å². The average molecular weight is 278 g/mol. The van der Waals surface area contributed by atoms with Gasteiger partial charge in [-0.3, -0.25) is 0 Å². The van der Waals surface area contributed by atoms with E-state index in [0.29, 0.717) is 5.56 Å². The molecule has 0 fully saturated rings. The van der Waals surface area contributed by atoms with Crippen molar-refractivity contribution in [3.8, 4) is 5.75 Å². The maximum atomic E-state index is 13.4. The summed E-state index contributed by atoms with van der Waals surface area (Å²) in [6.45, 7) is 3.78. The van der Waals surface area contributed by atoms with Gasteiger partial charge in [0.1, 0.15) is 12.7 Å². The predicted molar refractivity (Wildman–Crippen MR) is 72.7 cm³/mol. The molecule has 2 aromatic carbocycles. The maximum absolute atomic E-state index is 13.4. The van der Waals surface area contributed by atoms with Gasteiger partial charge in [-0.05, 0) is 42.7 Å². The number of aryl methyl sites for hydroxylation is 2. The van der Waals surface area contributed by atoms with Crippen molar-refractivity contribution < 1.29 is 18.6 Å². The first-order valence-corrected chi connectivity index (χ1v) is 6.31. The van der Waals surface area contributed by atoms with Crippen LogP contribution in [0.25, 0.3) is 0 Å². The molecular formula is C16H16F2O2. The third-order valence-corrected chi connectivity index (χ3v) is 3.23. The summed E-state index contributed by atoms with van der Waals surface area (Å²) in [6, 6.07) is 9.24. The lowest BCUT2D eigenvalue weighted by Gasteiger charge is -2.14. The Hall–Kier alpha value is -1.94. The van der Waals surface area contributed by atoms with Crippen LogP contribution in [0.1, 0.15) is 22.8 Å². The standard InChI is InChI=1S/C16H16F2O2/c1-10-6-7-12(8-11(10)2)14(19)9-20-15-5-3-4-13(17)16(15)18/h3-8,14,19H,9H2,1-2H3. The van der Waals surface area contributed by atoms with Crippen LogP contribution in [0, 0.1) is 25.5 Å². The molecule has 0 aliphatic heterocycles. The first kappa shape index (κ1) is 14.5. The van der Waals surface area contributed by atoms with Crippen LogP contribution in [0.5, 0.6) is 5.75 Å². The topological polar surface area (TPSA) is 29.5 Å². The number of aliphatic hydroxyl groups is 1. The molecule has 2 aromatic rings. The highest BCUT2D eigenvalue weighted by molar-refractivity contribution is 5.31. The highest BCUT2D eigenvalue weighted by Gasteiger charge is 2.13. The Balaban J connectivity index is 2.06. The van der Waals surface area contributed by atoms with Crippen LogP contribution < -0.4 is 4.74 Å². The van der Waals surface area contributed by atoms with Crippen LogP contribution in [0.4, 0.5) is 8.78 Å². The zero-order valence-electron chi connectivity index (χ0n) is 11.4. The number of aliphatic hydroxyl groups excluding tert-OH is 1.